The van der Waals surface area contributed by atoms with Crippen LogP contribution in [0.1, 0.15) is 41.8 Å². The van der Waals surface area contributed by atoms with Crippen molar-refractivity contribution in [2.75, 3.05) is 0 Å². The largest absolute Gasteiger partial charge is 0.294 e. The summed E-state index contributed by atoms with van der Waals surface area (Å²) in [5.74, 6) is -0.799. The summed E-state index contributed by atoms with van der Waals surface area (Å²) in [5, 5.41) is 0. The molecule has 1 aliphatic rings. The van der Waals surface area contributed by atoms with Crippen LogP contribution in [-0.4, -0.2) is 5.78 Å². The number of hydrogen-bond acceptors (Lipinski definition) is 1. The highest BCUT2D eigenvalue weighted by atomic mass is 19.1. The lowest BCUT2D eigenvalue weighted by atomic mass is 9.47. The highest BCUT2D eigenvalue weighted by molar-refractivity contribution is 5.99. The minimum absolute atomic E-state index is 0.105. The standard InChI is InChI=1S/C27H24F2O/c1-18(2)16-25-24(26(30)19-6-4-3-5-7-19)17-27(25,20-8-12-22(28)13-9-20)21-10-14-23(29)15-11-21/h3-16,24-25H,17H2,1-2H3. The second kappa shape index (κ2) is 7.98. The third-order valence-corrected chi connectivity index (χ3v) is 6.17. The zero-order valence-corrected chi connectivity index (χ0v) is 17.1. The van der Waals surface area contributed by atoms with Crippen molar-refractivity contribution >= 4 is 5.78 Å². The minimum Gasteiger partial charge on any atom is -0.294 e. The number of rotatable bonds is 5. The Labute approximate surface area is 176 Å². The second-order valence-electron chi connectivity index (χ2n) is 8.30. The summed E-state index contributed by atoms with van der Waals surface area (Å²) < 4.78 is 27.3. The first-order chi connectivity index (χ1) is 14.4. The Morgan fingerprint density at radius 1 is 0.833 bits per heavy atom. The maximum absolute atomic E-state index is 13.7. The summed E-state index contributed by atoms with van der Waals surface area (Å²) >= 11 is 0. The van der Waals surface area contributed by atoms with E-state index in [0.717, 1.165) is 16.7 Å². The Hall–Kier alpha value is -3.07. The maximum Gasteiger partial charge on any atom is 0.166 e. The zero-order valence-electron chi connectivity index (χ0n) is 17.1. The van der Waals surface area contributed by atoms with Crippen LogP contribution < -0.4 is 0 Å². The minimum atomic E-state index is -0.506. The van der Waals surface area contributed by atoms with Gasteiger partial charge in [0.2, 0.25) is 0 Å². The zero-order chi connectivity index (χ0) is 21.3. The summed E-state index contributed by atoms with van der Waals surface area (Å²) in [6.07, 6.45) is 2.73. The van der Waals surface area contributed by atoms with E-state index in [1.54, 1.807) is 24.3 Å². The summed E-state index contributed by atoms with van der Waals surface area (Å²) in [7, 11) is 0. The molecule has 0 saturated heterocycles. The number of carbonyl (C=O) groups excluding carboxylic acids is 1. The van der Waals surface area contributed by atoms with Gasteiger partial charge in [-0.3, -0.25) is 4.79 Å². The Bertz CT molecular complexity index is 1020. The number of hydrogen-bond donors (Lipinski definition) is 0. The fraction of sp³-hybridized carbons (Fsp3) is 0.222. The fourth-order valence-corrected chi connectivity index (χ4v) is 4.76. The van der Waals surface area contributed by atoms with Gasteiger partial charge in [0.15, 0.2) is 5.78 Å². The molecule has 0 heterocycles. The van der Waals surface area contributed by atoms with Crippen LogP contribution in [0.4, 0.5) is 8.78 Å². The third kappa shape index (κ3) is 3.49. The van der Waals surface area contributed by atoms with E-state index in [-0.39, 0.29) is 29.3 Å². The molecule has 1 fully saturated rings. The molecule has 0 radical (unpaired) electrons. The summed E-state index contributed by atoms with van der Waals surface area (Å²) in [4.78, 5) is 13.3. The topological polar surface area (TPSA) is 17.1 Å². The van der Waals surface area contributed by atoms with Gasteiger partial charge in [-0.1, -0.05) is 66.2 Å². The van der Waals surface area contributed by atoms with Gasteiger partial charge in [-0.15, -0.1) is 0 Å². The third-order valence-electron chi connectivity index (χ3n) is 6.17. The summed E-state index contributed by atoms with van der Waals surface area (Å²) in [5.41, 5.74) is 3.18. The summed E-state index contributed by atoms with van der Waals surface area (Å²) in [6.45, 7) is 4.03. The van der Waals surface area contributed by atoms with Crippen LogP contribution in [0.2, 0.25) is 0 Å². The van der Waals surface area contributed by atoms with E-state index in [4.69, 9.17) is 0 Å². The normalized spacial score (nSPS) is 19.6. The van der Waals surface area contributed by atoms with Gasteiger partial charge in [-0.25, -0.2) is 8.78 Å². The van der Waals surface area contributed by atoms with Crippen LogP contribution in [0.3, 0.4) is 0 Å². The molecule has 0 spiro atoms. The molecular weight excluding hydrogens is 378 g/mol. The van der Waals surface area contributed by atoms with Gasteiger partial charge in [-0.2, -0.15) is 0 Å². The van der Waals surface area contributed by atoms with Crippen molar-refractivity contribution in [2.24, 2.45) is 11.8 Å². The van der Waals surface area contributed by atoms with Crippen LogP contribution >= 0.6 is 0 Å². The molecule has 0 bridgehead atoms. The van der Waals surface area contributed by atoms with E-state index in [2.05, 4.69) is 6.08 Å². The first kappa shape index (κ1) is 20.2. The number of Topliss-reactive ketones (excluding diaryl/α,β-unsaturated/α-hetero) is 1. The summed E-state index contributed by atoms with van der Waals surface area (Å²) in [6, 6.07) is 22.3. The van der Waals surface area contributed by atoms with Gasteiger partial charge in [-0.05, 0) is 55.7 Å². The van der Waals surface area contributed by atoms with Gasteiger partial charge in [0.25, 0.3) is 0 Å². The van der Waals surface area contributed by atoms with Gasteiger partial charge < -0.3 is 0 Å². The lowest BCUT2D eigenvalue weighted by Crippen LogP contribution is -2.54. The molecule has 0 aromatic heterocycles. The molecule has 1 saturated carbocycles. The van der Waals surface area contributed by atoms with Crippen LogP contribution in [-0.2, 0) is 5.41 Å². The number of halogens is 2. The van der Waals surface area contributed by atoms with Crippen LogP contribution in [0.25, 0.3) is 0 Å². The fourth-order valence-electron chi connectivity index (χ4n) is 4.76. The molecule has 3 heteroatoms. The molecule has 30 heavy (non-hydrogen) atoms. The molecule has 1 nitrogen and oxygen atoms in total. The average molecular weight is 402 g/mol. The lowest BCUT2D eigenvalue weighted by molar-refractivity contribution is 0.0597. The Kier molecular flexibility index (Phi) is 5.38. The first-order valence-electron chi connectivity index (χ1n) is 10.2. The molecular formula is C27H24F2O. The number of benzene rings is 3. The molecule has 2 atom stereocenters. The first-order valence-corrected chi connectivity index (χ1v) is 10.2. The van der Waals surface area contributed by atoms with Crippen LogP contribution in [0.15, 0.2) is 90.5 Å². The van der Waals surface area contributed by atoms with Gasteiger partial charge in [0.05, 0.1) is 0 Å². The Morgan fingerprint density at radius 2 is 1.33 bits per heavy atom. The quantitative estimate of drug-likeness (QED) is 0.341. The number of allylic oxidation sites excluding steroid dienone is 2. The van der Waals surface area contributed by atoms with Crippen molar-refractivity contribution in [1.29, 1.82) is 0 Å². The molecule has 1 aliphatic carbocycles. The van der Waals surface area contributed by atoms with Crippen LogP contribution in [0.5, 0.6) is 0 Å². The van der Waals surface area contributed by atoms with E-state index in [0.29, 0.717) is 12.0 Å². The van der Waals surface area contributed by atoms with E-state index in [1.165, 1.54) is 24.3 Å². The number of carbonyl (C=O) groups is 1. The molecule has 3 aromatic carbocycles. The highest BCUT2D eigenvalue weighted by Gasteiger charge is 2.57. The van der Waals surface area contributed by atoms with Crippen molar-refractivity contribution in [1.82, 2.24) is 0 Å². The molecule has 152 valence electrons. The average Bonchev–Trinajstić information content (AvgIpc) is 2.74. The van der Waals surface area contributed by atoms with Gasteiger partial charge in [0, 0.05) is 22.8 Å². The predicted molar refractivity (Wildman–Crippen MR) is 115 cm³/mol. The van der Waals surface area contributed by atoms with E-state index in [1.807, 2.05) is 44.2 Å². The van der Waals surface area contributed by atoms with Crippen molar-refractivity contribution in [2.45, 2.75) is 25.7 Å². The van der Waals surface area contributed by atoms with Gasteiger partial charge in [0.1, 0.15) is 11.6 Å². The Morgan fingerprint density at radius 3 is 1.80 bits per heavy atom. The van der Waals surface area contributed by atoms with Crippen molar-refractivity contribution in [3.8, 4) is 0 Å². The molecule has 0 amide bonds. The molecule has 0 N–H and O–H groups in total. The monoisotopic (exact) mass is 402 g/mol. The molecule has 3 aromatic rings. The van der Waals surface area contributed by atoms with Crippen molar-refractivity contribution in [3.05, 3.63) is 119 Å². The van der Waals surface area contributed by atoms with Gasteiger partial charge >= 0.3 is 0 Å². The number of ketones is 1. The van der Waals surface area contributed by atoms with E-state index < -0.39 is 5.41 Å². The smallest absolute Gasteiger partial charge is 0.166 e. The second-order valence-corrected chi connectivity index (χ2v) is 8.30. The van der Waals surface area contributed by atoms with Crippen molar-refractivity contribution < 1.29 is 13.6 Å². The van der Waals surface area contributed by atoms with E-state index in [9.17, 15) is 13.6 Å². The van der Waals surface area contributed by atoms with Crippen molar-refractivity contribution in [3.63, 3.8) is 0 Å². The Balaban J connectivity index is 1.84. The lowest BCUT2D eigenvalue weighted by Gasteiger charge is -2.55. The molecule has 2 unspecified atom stereocenters. The molecule has 0 aliphatic heterocycles. The predicted octanol–water partition coefficient (Wildman–Crippen LogP) is 6.74. The molecule has 4 rings (SSSR count). The van der Waals surface area contributed by atoms with Crippen LogP contribution in [0, 0.1) is 23.5 Å². The maximum atomic E-state index is 13.7. The van der Waals surface area contributed by atoms with E-state index >= 15 is 0 Å². The highest BCUT2D eigenvalue weighted by Crippen LogP contribution is 2.58. The SMILES string of the molecule is CC(C)=CC1C(C(=O)c2ccccc2)CC1(c1ccc(F)cc1)c1ccc(F)cc1.